The highest BCUT2D eigenvalue weighted by Gasteiger charge is 2.14. The van der Waals surface area contributed by atoms with E-state index in [-0.39, 0.29) is 0 Å². The van der Waals surface area contributed by atoms with Gasteiger partial charge < -0.3 is 15.2 Å². The van der Waals surface area contributed by atoms with E-state index in [1.54, 1.807) is 7.05 Å². The molecule has 0 unspecified atom stereocenters. The molecule has 0 aromatic carbocycles. The molecule has 1 aromatic rings. The van der Waals surface area contributed by atoms with Crippen LogP contribution in [0.15, 0.2) is 4.99 Å². The third-order valence-corrected chi connectivity index (χ3v) is 3.06. The Morgan fingerprint density at radius 3 is 3.00 bits per heavy atom. The lowest BCUT2D eigenvalue weighted by molar-refractivity contribution is 0.597. The molecule has 0 saturated carbocycles. The van der Waals surface area contributed by atoms with Gasteiger partial charge in [0.05, 0.1) is 6.54 Å². The Morgan fingerprint density at radius 1 is 1.35 bits per heavy atom. The zero-order valence-electron chi connectivity index (χ0n) is 10.5. The van der Waals surface area contributed by atoms with E-state index in [9.17, 15) is 0 Å². The van der Waals surface area contributed by atoms with E-state index in [4.69, 9.17) is 0 Å². The lowest BCUT2D eigenvalue weighted by Gasteiger charge is -2.10. The van der Waals surface area contributed by atoms with Crippen LogP contribution in [0.25, 0.3) is 0 Å². The molecule has 2 heterocycles. The lowest BCUT2D eigenvalue weighted by atomic mass is 10.2. The largest absolute Gasteiger partial charge is 0.359 e. The molecule has 1 aliphatic heterocycles. The molecule has 17 heavy (non-hydrogen) atoms. The van der Waals surface area contributed by atoms with Crippen LogP contribution < -0.4 is 10.6 Å². The minimum absolute atomic E-state index is 0.667. The molecule has 2 N–H and O–H groups in total. The first-order valence-corrected chi connectivity index (χ1v) is 6.14. The van der Waals surface area contributed by atoms with Gasteiger partial charge in [0.1, 0.15) is 5.82 Å². The van der Waals surface area contributed by atoms with Crippen LogP contribution >= 0.6 is 0 Å². The van der Waals surface area contributed by atoms with Crippen LogP contribution in [0.5, 0.6) is 0 Å². The van der Waals surface area contributed by atoms with E-state index in [2.05, 4.69) is 30.4 Å². The number of aromatic nitrogens is 3. The Morgan fingerprint density at radius 2 is 2.24 bits per heavy atom. The molecule has 0 saturated heterocycles. The molecule has 0 bridgehead atoms. The molecule has 0 atom stereocenters. The first kappa shape index (κ1) is 11.9. The number of guanidine groups is 1. The molecule has 1 aliphatic rings. The van der Waals surface area contributed by atoms with Crippen LogP contribution in [0.4, 0.5) is 0 Å². The number of rotatable bonds is 2. The number of aliphatic imine (C=N–C) groups is 1. The smallest absolute Gasteiger partial charge is 0.191 e. The van der Waals surface area contributed by atoms with Crippen LogP contribution in [0.2, 0.25) is 0 Å². The van der Waals surface area contributed by atoms with Crippen molar-refractivity contribution in [1.29, 1.82) is 0 Å². The van der Waals surface area contributed by atoms with E-state index in [1.807, 2.05) is 7.05 Å². The van der Waals surface area contributed by atoms with Gasteiger partial charge in [-0.15, -0.1) is 10.2 Å². The second-order valence-corrected chi connectivity index (χ2v) is 4.17. The van der Waals surface area contributed by atoms with E-state index >= 15 is 0 Å². The second-order valence-electron chi connectivity index (χ2n) is 4.17. The van der Waals surface area contributed by atoms with Crippen LogP contribution in [0, 0.1) is 0 Å². The van der Waals surface area contributed by atoms with Gasteiger partial charge in [0.2, 0.25) is 0 Å². The van der Waals surface area contributed by atoms with Crippen LogP contribution in [0.3, 0.4) is 0 Å². The van der Waals surface area contributed by atoms with Crippen molar-refractivity contribution in [3.8, 4) is 0 Å². The third-order valence-electron chi connectivity index (χ3n) is 3.06. The van der Waals surface area contributed by atoms with Crippen molar-refractivity contribution in [3.05, 3.63) is 11.6 Å². The number of fused-ring (bicyclic) bond motifs is 1. The van der Waals surface area contributed by atoms with E-state index in [0.717, 1.165) is 30.6 Å². The lowest BCUT2D eigenvalue weighted by Crippen LogP contribution is -2.34. The summed E-state index contributed by atoms with van der Waals surface area (Å²) in [5.41, 5.74) is 0. The summed E-state index contributed by atoms with van der Waals surface area (Å²) in [6.07, 6.45) is 4.78. The minimum atomic E-state index is 0.667. The maximum absolute atomic E-state index is 4.26. The normalized spacial score (nSPS) is 16.2. The fourth-order valence-corrected chi connectivity index (χ4v) is 2.12. The predicted molar refractivity (Wildman–Crippen MR) is 66.8 cm³/mol. The van der Waals surface area contributed by atoms with Crippen LogP contribution in [0.1, 0.15) is 30.9 Å². The van der Waals surface area contributed by atoms with Crippen molar-refractivity contribution in [2.75, 3.05) is 14.1 Å². The predicted octanol–water partition coefficient (Wildman–Crippen LogP) is 0.299. The summed E-state index contributed by atoms with van der Waals surface area (Å²) >= 11 is 0. The Labute approximate surface area is 102 Å². The van der Waals surface area contributed by atoms with Gasteiger partial charge in [-0.2, -0.15) is 0 Å². The zero-order chi connectivity index (χ0) is 12.1. The van der Waals surface area contributed by atoms with Crippen molar-refractivity contribution in [1.82, 2.24) is 25.4 Å². The molecule has 2 rings (SSSR count). The summed E-state index contributed by atoms with van der Waals surface area (Å²) < 4.78 is 2.24. The van der Waals surface area contributed by atoms with Gasteiger partial charge in [-0.25, -0.2) is 0 Å². The molecule has 6 heteroatoms. The highest BCUT2D eigenvalue weighted by molar-refractivity contribution is 5.79. The van der Waals surface area contributed by atoms with Crippen LogP contribution in [-0.2, 0) is 19.5 Å². The van der Waals surface area contributed by atoms with Gasteiger partial charge in [0.25, 0.3) is 0 Å². The Hall–Kier alpha value is -1.59. The molecule has 6 nitrogen and oxygen atoms in total. The fourth-order valence-electron chi connectivity index (χ4n) is 2.12. The van der Waals surface area contributed by atoms with Crippen molar-refractivity contribution in [2.45, 2.75) is 38.8 Å². The molecule has 94 valence electrons. The molecule has 0 fully saturated rings. The highest BCUT2D eigenvalue weighted by Crippen LogP contribution is 2.14. The number of nitrogens with zero attached hydrogens (tertiary/aromatic N) is 4. The monoisotopic (exact) mass is 236 g/mol. The van der Waals surface area contributed by atoms with Crippen molar-refractivity contribution < 1.29 is 0 Å². The topological polar surface area (TPSA) is 67.1 Å². The van der Waals surface area contributed by atoms with Gasteiger partial charge in [0.15, 0.2) is 11.8 Å². The number of aryl methyl sites for hydroxylation is 1. The first-order chi connectivity index (χ1) is 8.35. The fraction of sp³-hybridized carbons (Fsp3) is 0.727. The number of hydrogen-bond donors (Lipinski definition) is 2. The van der Waals surface area contributed by atoms with Gasteiger partial charge in [0, 0.05) is 27.1 Å². The number of nitrogens with one attached hydrogen (secondary N) is 2. The summed E-state index contributed by atoms with van der Waals surface area (Å²) in [7, 11) is 3.60. The zero-order valence-corrected chi connectivity index (χ0v) is 10.5. The van der Waals surface area contributed by atoms with E-state index in [0.29, 0.717) is 6.54 Å². The SMILES string of the molecule is CN=C(NC)NCc1nnc2n1CCCCC2. The maximum Gasteiger partial charge on any atom is 0.191 e. The summed E-state index contributed by atoms with van der Waals surface area (Å²) in [4.78, 5) is 4.07. The standard InChI is InChI=1S/C11H20N6/c1-12-11(13-2)14-8-10-16-15-9-6-4-3-5-7-17(9)10/h3-8H2,1-2H3,(H2,12,13,14). The van der Waals surface area contributed by atoms with Gasteiger partial charge in [-0.3, -0.25) is 4.99 Å². The molecule has 0 amide bonds. The second kappa shape index (κ2) is 5.65. The first-order valence-electron chi connectivity index (χ1n) is 6.14. The minimum Gasteiger partial charge on any atom is -0.359 e. The van der Waals surface area contributed by atoms with E-state index < -0.39 is 0 Å². The third kappa shape index (κ3) is 2.75. The Kier molecular flexibility index (Phi) is 3.95. The molecule has 0 aliphatic carbocycles. The summed E-state index contributed by atoms with van der Waals surface area (Å²) in [6.45, 7) is 1.71. The molecular formula is C11H20N6. The molecule has 0 spiro atoms. The Balaban J connectivity index is 2.04. The van der Waals surface area contributed by atoms with Crippen molar-refractivity contribution >= 4 is 5.96 Å². The highest BCUT2D eigenvalue weighted by atomic mass is 15.3. The van der Waals surface area contributed by atoms with E-state index in [1.165, 1.54) is 19.3 Å². The van der Waals surface area contributed by atoms with Gasteiger partial charge in [-0.05, 0) is 12.8 Å². The van der Waals surface area contributed by atoms with Gasteiger partial charge >= 0.3 is 0 Å². The maximum atomic E-state index is 4.26. The quantitative estimate of drug-likeness (QED) is 0.572. The average molecular weight is 236 g/mol. The van der Waals surface area contributed by atoms with Crippen molar-refractivity contribution in [2.24, 2.45) is 4.99 Å². The summed E-state index contributed by atoms with van der Waals surface area (Å²) in [5.74, 6) is 2.90. The average Bonchev–Trinajstić information content (AvgIpc) is 2.60. The molecular weight excluding hydrogens is 216 g/mol. The number of hydrogen-bond acceptors (Lipinski definition) is 3. The summed E-state index contributed by atoms with van der Waals surface area (Å²) in [6, 6.07) is 0. The molecule has 0 radical (unpaired) electrons. The summed E-state index contributed by atoms with van der Waals surface area (Å²) in [5, 5.41) is 14.7. The Bertz CT molecular complexity index is 395. The molecule has 1 aromatic heterocycles. The van der Waals surface area contributed by atoms with Crippen molar-refractivity contribution in [3.63, 3.8) is 0 Å². The van der Waals surface area contributed by atoms with Gasteiger partial charge in [-0.1, -0.05) is 6.42 Å². The van der Waals surface area contributed by atoms with Crippen LogP contribution in [-0.4, -0.2) is 34.8 Å².